The molecular formula is C13H10N4O. The highest BCUT2D eigenvalue weighted by molar-refractivity contribution is 5.98. The molecule has 1 N–H and O–H groups in total. The molecule has 3 rings (SSSR count). The summed E-state index contributed by atoms with van der Waals surface area (Å²) >= 11 is 0. The first-order valence-electron chi connectivity index (χ1n) is 5.58. The normalized spacial score (nSPS) is 13.0. The van der Waals surface area contributed by atoms with Gasteiger partial charge in [0.1, 0.15) is 11.9 Å². The van der Waals surface area contributed by atoms with Crippen LogP contribution >= 0.6 is 0 Å². The van der Waals surface area contributed by atoms with Crippen LogP contribution in [0.5, 0.6) is 0 Å². The Hall–Kier alpha value is -2.61. The van der Waals surface area contributed by atoms with Crippen LogP contribution < -0.4 is 5.32 Å². The summed E-state index contributed by atoms with van der Waals surface area (Å²) in [5.41, 5.74) is 2.47. The van der Waals surface area contributed by atoms with Gasteiger partial charge < -0.3 is 5.32 Å². The number of hydrogen-bond acceptors (Lipinski definition) is 3. The molecule has 1 aliphatic rings. The van der Waals surface area contributed by atoms with Crippen molar-refractivity contribution >= 4 is 5.91 Å². The molecule has 1 aromatic carbocycles. The number of nitrogens with one attached hydrogen (secondary N) is 1. The Kier molecular flexibility index (Phi) is 2.17. The van der Waals surface area contributed by atoms with E-state index in [0.29, 0.717) is 23.6 Å². The SMILES string of the molecule is Cc1nc(C#N)c2n1-c1ccccc1C(=O)NC2. The average Bonchev–Trinajstić information content (AvgIpc) is 2.63. The van der Waals surface area contributed by atoms with E-state index < -0.39 is 0 Å². The van der Waals surface area contributed by atoms with Crippen LogP contribution in [-0.4, -0.2) is 15.5 Å². The van der Waals surface area contributed by atoms with Crippen molar-refractivity contribution in [2.75, 3.05) is 0 Å². The minimum absolute atomic E-state index is 0.127. The number of aryl methyl sites for hydroxylation is 1. The van der Waals surface area contributed by atoms with Crippen molar-refractivity contribution in [3.05, 3.63) is 47.0 Å². The first kappa shape index (κ1) is 10.5. The van der Waals surface area contributed by atoms with Gasteiger partial charge in [-0.3, -0.25) is 9.36 Å². The standard InChI is InChI=1S/C13H10N4O/c1-8-16-10(6-14)12-7-15-13(18)9-4-2-3-5-11(9)17(8)12/h2-5H,7H2,1H3,(H,15,18). The van der Waals surface area contributed by atoms with Gasteiger partial charge in [-0.2, -0.15) is 5.26 Å². The third kappa shape index (κ3) is 1.32. The van der Waals surface area contributed by atoms with E-state index in [9.17, 15) is 4.79 Å². The molecule has 0 atom stereocenters. The molecule has 0 bridgehead atoms. The van der Waals surface area contributed by atoms with E-state index in [4.69, 9.17) is 5.26 Å². The van der Waals surface area contributed by atoms with Crippen LogP contribution in [0.1, 0.15) is 27.6 Å². The van der Waals surface area contributed by atoms with Crippen LogP contribution in [0.3, 0.4) is 0 Å². The lowest BCUT2D eigenvalue weighted by molar-refractivity contribution is 0.0953. The topological polar surface area (TPSA) is 70.7 Å². The smallest absolute Gasteiger partial charge is 0.253 e. The maximum atomic E-state index is 12.0. The first-order chi connectivity index (χ1) is 8.72. The van der Waals surface area contributed by atoms with Crippen LogP contribution in [0.4, 0.5) is 0 Å². The predicted molar refractivity (Wildman–Crippen MR) is 64.2 cm³/mol. The number of imidazole rings is 1. The van der Waals surface area contributed by atoms with Crippen molar-refractivity contribution < 1.29 is 4.79 Å². The van der Waals surface area contributed by atoms with Gasteiger partial charge in [0.2, 0.25) is 0 Å². The zero-order valence-electron chi connectivity index (χ0n) is 9.77. The molecule has 0 spiro atoms. The Morgan fingerprint density at radius 1 is 1.44 bits per heavy atom. The summed E-state index contributed by atoms with van der Waals surface area (Å²) in [5, 5.41) is 11.9. The Morgan fingerprint density at radius 2 is 2.22 bits per heavy atom. The number of rotatable bonds is 0. The van der Waals surface area contributed by atoms with Crippen molar-refractivity contribution in [3.8, 4) is 11.8 Å². The maximum Gasteiger partial charge on any atom is 0.253 e. The molecule has 0 fully saturated rings. The van der Waals surface area contributed by atoms with Crippen molar-refractivity contribution in [1.82, 2.24) is 14.9 Å². The Labute approximate surface area is 104 Å². The molecule has 1 aromatic heterocycles. The number of nitriles is 1. The molecule has 0 unspecified atom stereocenters. The molecule has 5 nitrogen and oxygen atoms in total. The van der Waals surface area contributed by atoms with Crippen LogP contribution in [0.15, 0.2) is 24.3 Å². The van der Waals surface area contributed by atoms with Crippen molar-refractivity contribution in [1.29, 1.82) is 5.26 Å². The summed E-state index contributed by atoms with van der Waals surface area (Å²) in [6.45, 7) is 2.15. The van der Waals surface area contributed by atoms with E-state index in [1.807, 2.05) is 29.7 Å². The maximum absolute atomic E-state index is 12.0. The van der Waals surface area contributed by atoms with E-state index in [2.05, 4.69) is 16.4 Å². The molecule has 1 aliphatic heterocycles. The van der Waals surface area contributed by atoms with Gasteiger partial charge in [0.05, 0.1) is 23.5 Å². The molecule has 18 heavy (non-hydrogen) atoms. The lowest BCUT2D eigenvalue weighted by atomic mass is 10.1. The highest BCUT2D eigenvalue weighted by atomic mass is 16.1. The summed E-state index contributed by atoms with van der Waals surface area (Å²) in [7, 11) is 0. The molecule has 0 aliphatic carbocycles. The lowest BCUT2D eigenvalue weighted by Gasteiger charge is -2.08. The number of carbonyl (C=O) groups excluding carboxylic acids is 1. The van der Waals surface area contributed by atoms with Crippen molar-refractivity contribution in [2.24, 2.45) is 0 Å². The Bertz CT molecular complexity index is 694. The number of aromatic nitrogens is 2. The van der Waals surface area contributed by atoms with Crippen LogP contribution in [0.2, 0.25) is 0 Å². The number of amides is 1. The van der Waals surface area contributed by atoms with Gasteiger partial charge in [-0.25, -0.2) is 4.98 Å². The summed E-state index contributed by atoms with van der Waals surface area (Å²) in [6, 6.07) is 9.38. The Balaban J connectivity index is 2.37. The third-order valence-corrected chi connectivity index (χ3v) is 3.05. The second-order valence-electron chi connectivity index (χ2n) is 4.10. The second-order valence-corrected chi connectivity index (χ2v) is 4.10. The second kappa shape index (κ2) is 3.70. The van der Waals surface area contributed by atoms with Crippen LogP contribution in [-0.2, 0) is 6.54 Å². The van der Waals surface area contributed by atoms with Gasteiger partial charge in [0.25, 0.3) is 5.91 Å². The van der Waals surface area contributed by atoms with Gasteiger partial charge in [-0.05, 0) is 19.1 Å². The van der Waals surface area contributed by atoms with Gasteiger partial charge in [0, 0.05) is 0 Å². The fourth-order valence-corrected chi connectivity index (χ4v) is 2.27. The summed E-state index contributed by atoms with van der Waals surface area (Å²) in [4.78, 5) is 16.2. The number of benzene rings is 1. The van der Waals surface area contributed by atoms with E-state index in [1.165, 1.54) is 0 Å². The first-order valence-corrected chi connectivity index (χ1v) is 5.58. The third-order valence-electron chi connectivity index (χ3n) is 3.05. The fourth-order valence-electron chi connectivity index (χ4n) is 2.27. The van der Waals surface area contributed by atoms with Gasteiger partial charge in [0.15, 0.2) is 5.69 Å². The highest BCUT2D eigenvalue weighted by Gasteiger charge is 2.23. The van der Waals surface area contributed by atoms with Crippen LogP contribution in [0.25, 0.3) is 5.69 Å². The zero-order chi connectivity index (χ0) is 12.7. The van der Waals surface area contributed by atoms with Gasteiger partial charge >= 0.3 is 0 Å². The number of para-hydroxylation sites is 1. The van der Waals surface area contributed by atoms with E-state index in [1.54, 1.807) is 6.07 Å². The molecule has 5 heteroatoms. The van der Waals surface area contributed by atoms with Crippen LogP contribution in [0, 0.1) is 18.3 Å². The fraction of sp³-hybridized carbons (Fsp3) is 0.154. The highest BCUT2D eigenvalue weighted by Crippen LogP contribution is 2.24. The summed E-state index contributed by atoms with van der Waals surface area (Å²) in [6.07, 6.45) is 0. The monoisotopic (exact) mass is 238 g/mol. The zero-order valence-corrected chi connectivity index (χ0v) is 9.77. The lowest BCUT2D eigenvalue weighted by Crippen LogP contribution is -2.21. The molecule has 88 valence electrons. The van der Waals surface area contributed by atoms with E-state index in [0.717, 1.165) is 11.4 Å². The minimum Gasteiger partial charge on any atom is -0.346 e. The average molecular weight is 238 g/mol. The summed E-state index contributed by atoms with van der Waals surface area (Å²) in [5.74, 6) is 0.586. The molecule has 2 heterocycles. The predicted octanol–water partition coefficient (Wildman–Crippen LogP) is 1.30. The molecule has 1 amide bonds. The van der Waals surface area contributed by atoms with Gasteiger partial charge in [-0.1, -0.05) is 12.1 Å². The number of fused-ring (bicyclic) bond motifs is 3. The molecule has 0 radical (unpaired) electrons. The number of carbonyl (C=O) groups is 1. The van der Waals surface area contributed by atoms with E-state index >= 15 is 0 Å². The van der Waals surface area contributed by atoms with Crippen molar-refractivity contribution in [2.45, 2.75) is 13.5 Å². The largest absolute Gasteiger partial charge is 0.346 e. The quantitative estimate of drug-likeness (QED) is 0.751. The molecule has 2 aromatic rings. The van der Waals surface area contributed by atoms with E-state index in [-0.39, 0.29) is 5.91 Å². The minimum atomic E-state index is -0.127. The molecule has 0 saturated heterocycles. The number of hydrogen-bond donors (Lipinski definition) is 1. The van der Waals surface area contributed by atoms with Gasteiger partial charge in [-0.15, -0.1) is 0 Å². The Morgan fingerprint density at radius 3 is 3.00 bits per heavy atom. The molecular weight excluding hydrogens is 228 g/mol. The molecule has 0 saturated carbocycles. The number of nitrogens with zero attached hydrogens (tertiary/aromatic N) is 3. The summed E-state index contributed by atoms with van der Waals surface area (Å²) < 4.78 is 1.87. The van der Waals surface area contributed by atoms with Crippen molar-refractivity contribution in [3.63, 3.8) is 0 Å².